The first kappa shape index (κ1) is 20.9. The molecule has 8 heteroatoms. The van der Waals surface area contributed by atoms with Crippen LogP contribution in [0.1, 0.15) is 29.8 Å². The number of likely N-dealkylation sites (tertiary alicyclic amines) is 1. The smallest absolute Gasteiger partial charge is 0.295 e. The topological polar surface area (TPSA) is 84.7 Å². The minimum Gasteiger partial charge on any atom is -0.507 e. The molecule has 3 aromatic rings. The number of Topliss-reactive ketones (excluding diaryl/α,β-unsaturated/α-hetero) is 1. The standard InChI is InChI=1S/C23H23N3O4S/c1-2-30-17-7-3-6-16(14-17)21(27)19-20(18-8-4-13-31-18)26(23(29)22(19)28)11-5-10-25-12-9-24-15-25/h3-4,6-9,12-15,20,27H,2,5,10-11H2,1H3/b21-19+. The van der Waals surface area contributed by atoms with Crippen molar-refractivity contribution in [2.75, 3.05) is 13.2 Å². The van der Waals surface area contributed by atoms with Gasteiger partial charge in [0.2, 0.25) is 0 Å². The van der Waals surface area contributed by atoms with Gasteiger partial charge in [0.05, 0.1) is 24.5 Å². The van der Waals surface area contributed by atoms with Crippen LogP contribution in [0.4, 0.5) is 0 Å². The van der Waals surface area contributed by atoms with Gasteiger partial charge in [0.15, 0.2) is 0 Å². The van der Waals surface area contributed by atoms with E-state index in [2.05, 4.69) is 4.98 Å². The number of aliphatic hydroxyl groups excluding tert-OH is 1. The number of carbonyl (C=O) groups is 2. The van der Waals surface area contributed by atoms with Gasteiger partial charge in [0.25, 0.3) is 11.7 Å². The summed E-state index contributed by atoms with van der Waals surface area (Å²) in [7, 11) is 0. The number of aromatic nitrogens is 2. The van der Waals surface area contributed by atoms with Crippen LogP contribution in [0.15, 0.2) is 66.1 Å². The van der Waals surface area contributed by atoms with Gasteiger partial charge in [0.1, 0.15) is 11.5 Å². The van der Waals surface area contributed by atoms with Crippen LogP contribution in [0.5, 0.6) is 5.75 Å². The van der Waals surface area contributed by atoms with Crippen LogP contribution < -0.4 is 4.74 Å². The zero-order valence-corrected chi connectivity index (χ0v) is 17.9. The van der Waals surface area contributed by atoms with Crippen molar-refractivity contribution in [3.05, 3.63) is 76.5 Å². The lowest BCUT2D eigenvalue weighted by atomic mass is 9.99. The zero-order valence-electron chi connectivity index (χ0n) is 17.1. The second-order valence-electron chi connectivity index (χ2n) is 7.12. The summed E-state index contributed by atoms with van der Waals surface area (Å²) in [5.74, 6) is -0.851. The maximum atomic E-state index is 13.0. The van der Waals surface area contributed by atoms with E-state index in [9.17, 15) is 14.7 Å². The Morgan fingerprint density at radius 3 is 2.81 bits per heavy atom. The van der Waals surface area contributed by atoms with E-state index in [1.54, 1.807) is 41.7 Å². The Morgan fingerprint density at radius 1 is 1.23 bits per heavy atom. The Hall–Kier alpha value is -3.39. The predicted octanol–water partition coefficient (Wildman–Crippen LogP) is 3.86. The molecule has 0 saturated carbocycles. The lowest BCUT2D eigenvalue weighted by Gasteiger charge is -2.24. The van der Waals surface area contributed by atoms with Crippen molar-refractivity contribution in [1.29, 1.82) is 0 Å². The Balaban J connectivity index is 1.68. The van der Waals surface area contributed by atoms with E-state index in [1.807, 2.05) is 35.2 Å². The molecule has 0 bridgehead atoms. The fourth-order valence-electron chi connectivity index (χ4n) is 3.75. The van der Waals surface area contributed by atoms with E-state index >= 15 is 0 Å². The lowest BCUT2D eigenvalue weighted by molar-refractivity contribution is -0.139. The van der Waals surface area contributed by atoms with Crippen LogP contribution in [0.25, 0.3) is 5.76 Å². The Kier molecular flexibility index (Phi) is 6.18. The Labute approximate surface area is 184 Å². The molecule has 1 aromatic carbocycles. The fraction of sp³-hybridized carbons (Fsp3) is 0.261. The Bertz CT molecular complexity index is 1090. The first-order valence-corrected chi connectivity index (χ1v) is 11.0. The van der Waals surface area contributed by atoms with E-state index in [0.29, 0.717) is 37.4 Å². The van der Waals surface area contributed by atoms with Gasteiger partial charge >= 0.3 is 0 Å². The summed E-state index contributed by atoms with van der Waals surface area (Å²) in [6.07, 6.45) is 5.94. The normalized spacial score (nSPS) is 18.0. The molecule has 31 heavy (non-hydrogen) atoms. The van der Waals surface area contributed by atoms with Gasteiger partial charge in [-0.3, -0.25) is 9.59 Å². The highest BCUT2D eigenvalue weighted by molar-refractivity contribution is 7.10. The molecule has 2 aromatic heterocycles. The first-order chi connectivity index (χ1) is 15.1. The van der Waals surface area contributed by atoms with Gasteiger partial charge in [-0.2, -0.15) is 0 Å². The Morgan fingerprint density at radius 2 is 2.10 bits per heavy atom. The molecule has 1 aliphatic heterocycles. The molecule has 0 spiro atoms. The third-order valence-electron chi connectivity index (χ3n) is 5.15. The summed E-state index contributed by atoms with van der Waals surface area (Å²) in [5.41, 5.74) is 0.563. The first-order valence-electron chi connectivity index (χ1n) is 10.1. The largest absolute Gasteiger partial charge is 0.507 e. The van der Waals surface area contributed by atoms with E-state index in [1.165, 1.54) is 11.3 Å². The maximum absolute atomic E-state index is 13.0. The summed E-state index contributed by atoms with van der Waals surface area (Å²) < 4.78 is 7.44. The summed E-state index contributed by atoms with van der Waals surface area (Å²) >= 11 is 1.46. The number of aryl methyl sites for hydroxylation is 1. The predicted molar refractivity (Wildman–Crippen MR) is 118 cm³/mol. The number of imidazole rings is 1. The van der Waals surface area contributed by atoms with Crippen LogP contribution in [-0.2, 0) is 16.1 Å². The molecule has 4 rings (SSSR count). The van der Waals surface area contributed by atoms with Crippen LogP contribution in [0.2, 0.25) is 0 Å². The molecule has 0 aliphatic carbocycles. The van der Waals surface area contributed by atoms with Crippen molar-refractivity contribution < 1.29 is 19.4 Å². The molecule has 1 saturated heterocycles. The zero-order chi connectivity index (χ0) is 21.8. The number of ether oxygens (including phenoxy) is 1. The second kappa shape index (κ2) is 9.18. The number of hydrogen-bond acceptors (Lipinski definition) is 6. The quantitative estimate of drug-likeness (QED) is 0.329. The van der Waals surface area contributed by atoms with E-state index in [0.717, 1.165) is 4.88 Å². The number of nitrogens with zero attached hydrogens (tertiary/aromatic N) is 3. The number of rotatable bonds is 8. The summed E-state index contributed by atoms with van der Waals surface area (Å²) in [6, 6.07) is 10.1. The molecule has 1 unspecified atom stereocenters. The summed E-state index contributed by atoms with van der Waals surface area (Å²) in [6.45, 7) is 3.43. The third kappa shape index (κ3) is 4.25. The molecule has 160 valence electrons. The van der Waals surface area contributed by atoms with Crippen LogP contribution in [0, 0.1) is 0 Å². The number of hydrogen-bond donors (Lipinski definition) is 1. The van der Waals surface area contributed by atoms with Crippen LogP contribution in [0.3, 0.4) is 0 Å². The van der Waals surface area contributed by atoms with Crippen molar-refractivity contribution in [3.63, 3.8) is 0 Å². The van der Waals surface area contributed by atoms with Gasteiger partial charge in [-0.15, -0.1) is 11.3 Å². The van der Waals surface area contributed by atoms with Gasteiger partial charge in [-0.05, 0) is 36.9 Å². The van der Waals surface area contributed by atoms with E-state index in [4.69, 9.17) is 4.74 Å². The second-order valence-corrected chi connectivity index (χ2v) is 8.10. The highest BCUT2D eigenvalue weighted by Gasteiger charge is 2.46. The van der Waals surface area contributed by atoms with Crippen molar-refractivity contribution in [3.8, 4) is 5.75 Å². The van der Waals surface area contributed by atoms with Gasteiger partial charge in [0, 0.05) is 35.9 Å². The van der Waals surface area contributed by atoms with Crippen molar-refractivity contribution in [2.45, 2.75) is 25.9 Å². The lowest BCUT2D eigenvalue weighted by Crippen LogP contribution is -2.31. The molecule has 1 fully saturated rings. The number of benzene rings is 1. The average Bonchev–Trinajstić information content (AvgIpc) is 3.52. The monoisotopic (exact) mass is 437 g/mol. The molecule has 1 amide bonds. The SMILES string of the molecule is CCOc1cccc(/C(O)=C2\C(=O)C(=O)N(CCCn3ccnc3)C2c2cccs2)c1. The molecule has 1 aliphatic rings. The average molecular weight is 438 g/mol. The van der Waals surface area contributed by atoms with Crippen molar-refractivity contribution >= 4 is 28.8 Å². The van der Waals surface area contributed by atoms with Crippen molar-refractivity contribution in [2.24, 2.45) is 0 Å². The molecule has 1 atom stereocenters. The number of aliphatic hydroxyl groups is 1. The fourth-order valence-corrected chi connectivity index (χ4v) is 4.60. The van der Waals surface area contributed by atoms with Crippen LogP contribution in [-0.4, -0.2) is 44.4 Å². The number of amides is 1. The minimum atomic E-state index is -0.666. The highest BCUT2D eigenvalue weighted by Crippen LogP contribution is 2.41. The minimum absolute atomic E-state index is 0.115. The number of carbonyl (C=O) groups excluding carboxylic acids is 2. The molecule has 1 N–H and O–H groups in total. The van der Waals surface area contributed by atoms with Gasteiger partial charge in [-0.25, -0.2) is 4.98 Å². The van der Waals surface area contributed by atoms with E-state index < -0.39 is 17.7 Å². The van der Waals surface area contributed by atoms with Crippen LogP contribution >= 0.6 is 11.3 Å². The van der Waals surface area contributed by atoms with Crippen molar-refractivity contribution in [1.82, 2.24) is 14.5 Å². The maximum Gasteiger partial charge on any atom is 0.295 e. The number of ketones is 1. The molecular weight excluding hydrogens is 414 g/mol. The number of thiophene rings is 1. The molecule has 0 radical (unpaired) electrons. The molecule has 3 heterocycles. The summed E-state index contributed by atoms with van der Waals surface area (Å²) in [5, 5.41) is 13.0. The third-order valence-corrected chi connectivity index (χ3v) is 6.07. The highest BCUT2D eigenvalue weighted by atomic mass is 32.1. The van der Waals surface area contributed by atoms with Gasteiger partial charge in [-0.1, -0.05) is 18.2 Å². The van der Waals surface area contributed by atoms with E-state index in [-0.39, 0.29) is 11.3 Å². The molecular formula is C23H23N3O4S. The van der Waals surface area contributed by atoms with Gasteiger partial charge < -0.3 is 19.3 Å². The summed E-state index contributed by atoms with van der Waals surface area (Å²) in [4.78, 5) is 32.3. The molecule has 7 nitrogen and oxygen atoms in total.